The van der Waals surface area contributed by atoms with Gasteiger partial charge in [-0.2, -0.15) is 0 Å². The van der Waals surface area contributed by atoms with Crippen molar-refractivity contribution in [3.05, 3.63) is 58.3 Å². The Morgan fingerprint density at radius 2 is 1.82 bits per heavy atom. The van der Waals surface area contributed by atoms with Crippen LogP contribution in [-0.2, 0) is 21.3 Å². The highest BCUT2D eigenvalue weighted by Gasteiger charge is 2.30. The molecule has 1 aliphatic heterocycles. The zero-order valence-corrected chi connectivity index (χ0v) is 20.0. The summed E-state index contributed by atoms with van der Waals surface area (Å²) in [5, 5.41) is 0.618. The van der Waals surface area contributed by atoms with Crippen LogP contribution >= 0.6 is 0 Å². The largest absolute Gasteiger partial charge is 0.496 e. The van der Waals surface area contributed by atoms with Gasteiger partial charge in [-0.3, -0.25) is 4.79 Å². The number of para-hydroxylation sites is 1. The average molecular weight is 473 g/mol. The average Bonchev–Trinajstić information content (AvgIpc) is 3.14. The first kappa shape index (κ1) is 23.3. The van der Waals surface area contributed by atoms with Gasteiger partial charge in [-0.05, 0) is 44.0 Å². The molecule has 0 radical (unpaired) electrons. The molecule has 1 aliphatic rings. The molecule has 2 aromatic carbocycles. The van der Waals surface area contributed by atoms with Gasteiger partial charge < -0.3 is 18.8 Å². The Bertz CT molecular complexity index is 1310. The minimum Gasteiger partial charge on any atom is -0.496 e. The summed E-state index contributed by atoms with van der Waals surface area (Å²) < 4.78 is 46.2. The lowest BCUT2D eigenvalue weighted by Gasteiger charge is -2.26. The van der Waals surface area contributed by atoms with Gasteiger partial charge in [0, 0.05) is 36.1 Å². The predicted molar refractivity (Wildman–Crippen MR) is 124 cm³/mol. The van der Waals surface area contributed by atoms with Crippen LogP contribution in [0.3, 0.4) is 0 Å². The molecule has 1 N–H and O–H groups in total. The minimum absolute atomic E-state index is 0.0523. The Morgan fingerprint density at radius 3 is 2.52 bits per heavy atom. The van der Waals surface area contributed by atoms with Crippen LogP contribution in [0.15, 0.2) is 39.6 Å². The molecule has 1 fully saturated rings. The van der Waals surface area contributed by atoms with E-state index < -0.39 is 10.0 Å². The van der Waals surface area contributed by atoms with Crippen LogP contribution in [0.5, 0.6) is 5.75 Å². The number of hydrogen-bond acceptors (Lipinski definition) is 6. The molecule has 0 saturated carbocycles. The SMILES string of the molecule is COc1ccccc1CNS(=O)(=O)c1c(C)c(C)cc2c(C)c(C(=O)N3CCOCC3)oc12. The summed E-state index contributed by atoms with van der Waals surface area (Å²) in [6, 6.07) is 9.10. The number of carbonyl (C=O) groups excluding carboxylic acids is 1. The fourth-order valence-electron chi connectivity index (χ4n) is 4.07. The summed E-state index contributed by atoms with van der Waals surface area (Å²) in [5.74, 6) is 0.504. The minimum atomic E-state index is -3.96. The van der Waals surface area contributed by atoms with E-state index >= 15 is 0 Å². The van der Waals surface area contributed by atoms with Gasteiger partial charge in [0.05, 0.1) is 20.3 Å². The van der Waals surface area contributed by atoms with Crippen molar-refractivity contribution in [3.63, 3.8) is 0 Å². The van der Waals surface area contributed by atoms with Crippen molar-refractivity contribution < 1.29 is 27.1 Å². The fourth-order valence-corrected chi connectivity index (χ4v) is 5.52. The Morgan fingerprint density at radius 1 is 1.12 bits per heavy atom. The van der Waals surface area contributed by atoms with Crippen molar-refractivity contribution in [3.8, 4) is 5.75 Å². The van der Waals surface area contributed by atoms with E-state index in [1.165, 1.54) is 0 Å². The van der Waals surface area contributed by atoms with E-state index in [2.05, 4.69) is 4.72 Å². The van der Waals surface area contributed by atoms with Gasteiger partial charge >= 0.3 is 0 Å². The van der Waals surface area contributed by atoms with E-state index in [0.29, 0.717) is 54.1 Å². The number of furan rings is 1. The fraction of sp³-hybridized carbons (Fsp3) is 0.375. The number of nitrogens with one attached hydrogen (secondary N) is 1. The normalized spacial score (nSPS) is 14.6. The summed E-state index contributed by atoms with van der Waals surface area (Å²) in [7, 11) is -2.42. The molecule has 1 aromatic heterocycles. The monoisotopic (exact) mass is 472 g/mol. The quantitative estimate of drug-likeness (QED) is 0.591. The van der Waals surface area contributed by atoms with E-state index in [9.17, 15) is 13.2 Å². The summed E-state index contributed by atoms with van der Waals surface area (Å²) in [6.07, 6.45) is 0. The molecular weight excluding hydrogens is 444 g/mol. The molecule has 176 valence electrons. The van der Waals surface area contributed by atoms with Gasteiger partial charge in [-0.15, -0.1) is 0 Å². The van der Waals surface area contributed by atoms with Gasteiger partial charge in [0.25, 0.3) is 5.91 Å². The lowest BCUT2D eigenvalue weighted by Crippen LogP contribution is -2.40. The summed E-state index contributed by atoms with van der Waals surface area (Å²) >= 11 is 0. The maximum absolute atomic E-state index is 13.5. The highest BCUT2D eigenvalue weighted by atomic mass is 32.2. The van der Waals surface area contributed by atoms with Crippen molar-refractivity contribution >= 4 is 26.9 Å². The van der Waals surface area contributed by atoms with Gasteiger partial charge in [0.1, 0.15) is 10.6 Å². The van der Waals surface area contributed by atoms with Crippen molar-refractivity contribution in [1.82, 2.24) is 9.62 Å². The number of aryl methyl sites for hydroxylation is 2. The zero-order chi connectivity index (χ0) is 23.8. The first-order valence-corrected chi connectivity index (χ1v) is 12.2. The maximum atomic E-state index is 13.5. The molecular formula is C24H28N2O6S. The second-order valence-electron chi connectivity index (χ2n) is 8.12. The number of hydrogen-bond donors (Lipinski definition) is 1. The standard InChI is InChI=1S/C24H28N2O6S/c1-15-13-19-17(3)21(24(27)26-9-11-31-12-10-26)32-22(19)23(16(15)2)33(28,29)25-14-18-7-5-6-8-20(18)30-4/h5-8,13,25H,9-12,14H2,1-4H3. The number of rotatable bonds is 6. The highest BCUT2D eigenvalue weighted by molar-refractivity contribution is 7.89. The Kier molecular flexibility index (Phi) is 6.47. The number of fused-ring (bicyclic) bond motifs is 1. The molecule has 4 rings (SSSR count). The Labute approximate surface area is 193 Å². The number of amides is 1. The molecule has 0 unspecified atom stereocenters. The number of ether oxygens (including phenoxy) is 2. The van der Waals surface area contributed by atoms with E-state index in [4.69, 9.17) is 13.9 Å². The van der Waals surface area contributed by atoms with E-state index in [-0.39, 0.29) is 28.7 Å². The third kappa shape index (κ3) is 4.36. The third-order valence-electron chi connectivity index (χ3n) is 6.10. The van der Waals surface area contributed by atoms with Crippen LogP contribution in [0.1, 0.15) is 32.8 Å². The van der Waals surface area contributed by atoms with Gasteiger partial charge in [-0.25, -0.2) is 13.1 Å². The second kappa shape index (κ2) is 9.17. The Balaban J connectivity index is 1.76. The smallest absolute Gasteiger partial charge is 0.290 e. The first-order valence-electron chi connectivity index (χ1n) is 10.8. The number of carbonyl (C=O) groups is 1. The number of methoxy groups -OCH3 is 1. The molecule has 8 nitrogen and oxygen atoms in total. The van der Waals surface area contributed by atoms with Crippen molar-refractivity contribution in [2.24, 2.45) is 0 Å². The molecule has 0 aliphatic carbocycles. The van der Waals surface area contributed by atoms with Crippen molar-refractivity contribution in [2.45, 2.75) is 32.2 Å². The van der Waals surface area contributed by atoms with Gasteiger partial charge in [0.15, 0.2) is 11.3 Å². The van der Waals surface area contributed by atoms with Gasteiger partial charge in [0.2, 0.25) is 10.0 Å². The number of morpholine rings is 1. The summed E-state index contributed by atoms with van der Waals surface area (Å²) in [4.78, 5) is 14.8. The Hall–Kier alpha value is -2.88. The molecule has 9 heteroatoms. The summed E-state index contributed by atoms with van der Waals surface area (Å²) in [6.45, 7) is 7.31. The lowest BCUT2D eigenvalue weighted by molar-refractivity contribution is 0.0283. The van der Waals surface area contributed by atoms with Crippen LogP contribution in [0.2, 0.25) is 0 Å². The molecule has 1 amide bonds. The second-order valence-corrected chi connectivity index (χ2v) is 9.83. The van der Waals surface area contributed by atoms with Crippen molar-refractivity contribution in [2.75, 3.05) is 33.4 Å². The predicted octanol–water partition coefficient (Wildman–Crippen LogP) is 3.32. The topological polar surface area (TPSA) is 98.1 Å². The number of sulfonamides is 1. The van der Waals surface area contributed by atoms with Crippen LogP contribution in [-0.4, -0.2) is 52.6 Å². The molecule has 0 spiro atoms. The molecule has 33 heavy (non-hydrogen) atoms. The number of nitrogens with zero attached hydrogens (tertiary/aromatic N) is 1. The number of benzene rings is 2. The van der Waals surface area contributed by atoms with Crippen molar-refractivity contribution in [1.29, 1.82) is 0 Å². The van der Waals surface area contributed by atoms with Crippen LogP contribution in [0.25, 0.3) is 11.0 Å². The lowest BCUT2D eigenvalue weighted by atomic mass is 10.0. The molecule has 0 bridgehead atoms. The molecule has 3 aromatic rings. The van der Waals surface area contributed by atoms with Crippen LogP contribution in [0, 0.1) is 20.8 Å². The van der Waals surface area contributed by atoms with E-state index in [0.717, 1.165) is 5.56 Å². The maximum Gasteiger partial charge on any atom is 0.290 e. The summed E-state index contributed by atoms with van der Waals surface area (Å²) in [5.41, 5.74) is 2.91. The van der Waals surface area contributed by atoms with E-state index in [1.807, 2.05) is 25.1 Å². The molecule has 2 heterocycles. The first-order chi connectivity index (χ1) is 15.7. The molecule has 1 saturated heterocycles. The van der Waals surface area contributed by atoms with Crippen LogP contribution in [0.4, 0.5) is 0 Å². The molecule has 0 atom stereocenters. The van der Waals surface area contributed by atoms with Gasteiger partial charge in [-0.1, -0.05) is 18.2 Å². The van der Waals surface area contributed by atoms with E-state index in [1.54, 1.807) is 38.0 Å². The highest BCUT2D eigenvalue weighted by Crippen LogP contribution is 2.35. The zero-order valence-electron chi connectivity index (χ0n) is 19.2. The van der Waals surface area contributed by atoms with Crippen LogP contribution < -0.4 is 9.46 Å². The third-order valence-corrected chi connectivity index (χ3v) is 7.65.